The normalized spacial score (nSPS) is 14.6. The van der Waals surface area contributed by atoms with E-state index in [-0.39, 0.29) is 10.8 Å². The van der Waals surface area contributed by atoms with Crippen molar-refractivity contribution in [2.24, 2.45) is 0 Å². The zero-order valence-electron chi connectivity index (χ0n) is 8.41. The average Bonchev–Trinajstić information content (AvgIpc) is 2.19. The van der Waals surface area contributed by atoms with Crippen LogP contribution in [0.4, 0.5) is 5.69 Å². The van der Waals surface area contributed by atoms with E-state index < -0.39 is 10.8 Å². The van der Waals surface area contributed by atoms with Crippen molar-refractivity contribution < 1.29 is 4.21 Å². The Morgan fingerprint density at radius 3 is 3.00 bits per heavy atom. The van der Waals surface area contributed by atoms with Crippen LogP contribution < -0.4 is 10.9 Å². The number of nitrogens with one attached hydrogen (secondary N) is 2. The van der Waals surface area contributed by atoms with Gasteiger partial charge in [-0.2, -0.15) is 5.10 Å². The van der Waals surface area contributed by atoms with Gasteiger partial charge >= 0.3 is 0 Å². The van der Waals surface area contributed by atoms with E-state index in [1.165, 1.54) is 6.20 Å². The minimum absolute atomic E-state index is 0.0242. The predicted octanol–water partition coefficient (Wildman–Crippen LogP) is 0.711. The molecule has 0 amide bonds. The molecule has 1 rings (SSSR count). The highest BCUT2D eigenvalue weighted by Crippen LogP contribution is 2.15. The first-order chi connectivity index (χ1) is 7.02. The topological polar surface area (TPSA) is 74.8 Å². The predicted molar refractivity (Wildman–Crippen MR) is 64.6 cm³/mol. The molecule has 0 spiro atoms. The highest BCUT2D eigenvalue weighted by atomic mass is 79.9. The minimum atomic E-state index is -0.880. The van der Waals surface area contributed by atoms with E-state index >= 15 is 0 Å². The number of H-pyrrole nitrogens is 1. The summed E-state index contributed by atoms with van der Waals surface area (Å²) in [6.07, 6.45) is 3.16. The number of aromatic nitrogens is 2. The van der Waals surface area contributed by atoms with Gasteiger partial charge in [-0.15, -0.1) is 0 Å². The second-order valence-corrected chi connectivity index (χ2v) is 5.71. The lowest BCUT2D eigenvalue weighted by atomic mass is 10.4. The summed E-state index contributed by atoms with van der Waals surface area (Å²) < 4.78 is 11.5. The van der Waals surface area contributed by atoms with Gasteiger partial charge in [0.2, 0.25) is 0 Å². The van der Waals surface area contributed by atoms with Crippen LogP contribution in [0, 0.1) is 0 Å². The molecule has 0 saturated heterocycles. The molecule has 7 heteroatoms. The van der Waals surface area contributed by atoms with Gasteiger partial charge < -0.3 is 5.32 Å². The van der Waals surface area contributed by atoms with Crippen LogP contribution in [0.1, 0.15) is 6.92 Å². The number of nitrogens with zero attached hydrogens (tertiary/aromatic N) is 1. The summed E-state index contributed by atoms with van der Waals surface area (Å²) in [5.74, 6) is 0. The van der Waals surface area contributed by atoms with Crippen molar-refractivity contribution in [3.8, 4) is 0 Å². The highest BCUT2D eigenvalue weighted by molar-refractivity contribution is 9.10. The van der Waals surface area contributed by atoms with E-state index in [1.807, 2.05) is 6.92 Å². The number of hydrogen-bond acceptors (Lipinski definition) is 4. The Morgan fingerprint density at radius 2 is 2.40 bits per heavy atom. The maximum Gasteiger partial charge on any atom is 0.280 e. The van der Waals surface area contributed by atoms with E-state index in [2.05, 4.69) is 31.4 Å². The number of halogens is 1. The van der Waals surface area contributed by atoms with Gasteiger partial charge in [0, 0.05) is 28.9 Å². The quantitative estimate of drug-likeness (QED) is 0.857. The number of rotatable bonds is 4. The van der Waals surface area contributed by atoms with Gasteiger partial charge in [0.1, 0.15) is 4.47 Å². The fourth-order valence-electron chi connectivity index (χ4n) is 0.878. The Hall–Kier alpha value is -0.690. The monoisotopic (exact) mass is 293 g/mol. The zero-order chi connectivity index (χ0) is 11.4. The molecule has 1 aromatic rings. The first-order valence-corrected chi connectivity index (χ1v) is 6.73. The van der Waals surface area contributed by atoms with Gasteiger partial charge in [-0.1, -0.05) is 0 Å². The molecule has 2 N–H and O–H groups in total. The molecule has 5 nitrogen and oxygen atoms in total. The fraction of sp³-hybridized carbons (Fsp3) is 0.500. The molecule has 0 saturated carbocycles. The third kappa shape index (κ3) is 3.42. The Morgan fingerprint density at radius 1 is 1.73 bits per heavy atom. The molecule has 0 aliphatic rings. The Kier molecular flexibility index (Phi) is 4.46. The second-order valence-electron chi connectivity index (χ2n) is 3.12. The minimum Gasteiger partial charge on any atom is -0.381 e. The van der Waals surface area contributed by atoms with Crippen LogP contribution in [0.25, 0.3) is 0 Å². The lowest BCUT2D eigenvalue weighted by Gasteiger charge is -2.11. The molecule has 2 atom stereocenters. The van der Waals surface area contributed by atoms with Crippen LogP contribution >= 0.6 is 15.9 Å². The molecule has 0 aromatic carbocycles. The van der Waals surface area contributed by atoms with Crippen molar-refractivity contribution in [3.63, 3.8) is 0 Å². The number of hydrogen-bond donors (Lipinski definition) is 2. The smallest absolute Gasteiger partial charge is 0.280 e. The van der Waals surface area contributed by atoms with Crippen molar-refractivity contribution in [2.45, 2.75) is 12.2 Å². The van der Waals surface area contributed by atoms with E-state index in [9.17, 15) is 9.00 Å². The zero-order valence-corrected chi connectivity index (χ0v) is 10.8. The first kappa shape index (κ1) is 12.4. The van der Waals surface area contributed by atoms with Crippen molar-refractivity contribution >= 4 is 32.4 Å². The lowest BCUT2D eigenvalue weighted by Crippen LogP contribution is -2.22. The van der Waals surface area contributed by atoms with E-state index in [4.69, 9.17) is 0 Å². The first-order valence-electron chi connectivity index (χ1n) is 4.31. The molecule has 0 aliphatic heterocycles. The molecule has 1 aromatic heterocycles. The third-order valence-electron chi connectivity index (χ3n) is 1.94. The van der Waals surface area contributed by atoms with Crippen molar-refractivity contribution in [1.82, 2.24) is 10.2 Å². The lowest BCUT2D eigenvalue weighted by molar-refractivity contribution is 0.679. The summed E-state index contributed by atoms with van der Waals surface area (Å²) in [6.45, 7) is 2.41. The summed E-state index contributed by atoms with van der Waals surface area (Å²) in [4.78, 5) is 11.2. The molecule has 84 valence electrons. The fourth-order valence-corrected chi connectivity index (χ4v) is 1.53. The van der Waals surface area contributed by atoms with Crippen LogP contribution in [-0.2, 0) is 10.8 Å². The van der Waals surface area contributed by atoms with Crippen molar-refractivity contribution in [3.05, 3.63) is 21.0 Å². The molecule has 0 bridgehead atoms. The molecular formula is C8H12BrN3O2S. The number of aromatic amines is 1. The highest BCUT2D eigenvalue weighted by Gasteiger charge is 2.08. The Labute approximate surface area is 98.3 Å². The van der Waals surface area contributed by atoms with Crippen LogP contribution in [0.15, 0.2) is 15.5 Å². The standard InChI is InChI=1S/C8H12BrN3O2S/c1-5(15(2)14)3-10-6-4-11-12-8(13)7(6)9/h4-5H,3H2,1-2H3,(H2,10,12,13). The summed E-state index contributed by atoms with van der Waals surface area (Å²) in [5.41, 5.74) is 0.321. The van der Waals surface area contributed by atoms with Gasteiger partial charge in [0.15, 0.2) is 0 Å². The van der Waals surface area contributed by atoms with Gasteiger partial charge in [0.25, 0.3) is 5.56 Å². The molecule has 2 unspecified atom stereocenters. The maximum atomic E-state index is 11.2. The molecule has 15 heavy (non-hydrogen) atoms. The summed E-state index contributed by atoms with van der Waals surface area (Å²) in [7, 11) is -0.880. The third-order valence-corrected chi connectivity index (χ3v) is 4.03. The molecule has 0 radical (unpaired) electrons. The van der Waals surface area contributed by atoms with Crippen molar-refractivity contribution in [1.29, 1.82) is 0 Å². The maximum absolute atomic E-state index is 11.2. The molecule has 0 aliphatic carbocycles. The van der Waals surface area contributed by atoms with Gasteiger partial charge in [-0.25, -0.2) is 5.10 Å². The number of anilines is 1. The summed E-state index contributed by atoms with van der Waals surface area (Å²) >= 11 is 3.15. The van der Waals surface area contributed by atoms with Crippen molar-refractivity contribution in [2.75, 3.05) is 18.1 Å². The van der Waals surface area contributed by atoms with E-state index in [0.29, 0.717) is 16.7 Å². The second kappa shape index (κ2) is 5.41. The summed E-state index contributed by atoms with van der Waals surface area (Å²) in [6, 6.07) is 0. The van der Waals surface area contributed by atoms with Crippen LogP contribution in [-0.4, -0.2) is 32.5 Å². The largest absolute Gasteiger partial charge is 0.381 e. The van der Waals surface area contributed by atoms with E-state index in [0.717, 1.165) is 0 Å². The Bertz CT molecular complexity index is 421. The summed E-state index contributed by atoms with van der Waals surface area (Å²) in [5, 5.41) is 9.00. The molecule has 1 heterocycles. The Balaban J connectivity index is 2.70. The SMILES string of the molecule is CC(CNc1cn[nH]c(=O)c1Br)S(C)=O. The van der Waals surface area contributed by atoms with Crippen LogP contribution in [0.5, 0.6) is 0 Å². The van der Waals surface area contributed by atoms with Gasteiger partial charge in [-0.3, -0.25) is 9.00 Å². The van der Waals surface area contributed by atoms with Gasteiger partial charge in [-0.05, 0) is 22.9 Å². The van der Waals surface area contributed by atoms with E-state index in [1.54, 1.807) is 6.26 Å². The molecular weight excluding hydrogens is 282 g/mol. The molecule has 0 fully saturated rings. The van der Waals surface area contributed by atoms with Crippen LogP contribution in [0.2, 0.25) is 0 Å². The van der Waals surface area contributed by atoms with Gasteiger partial charge in [0.05, 0.1) is 11.9 Å². The average molecular weight is 294 g/mol. The van der Waals surface area contributed by atoms with Crippen LogP contribution in [0.3, 0.4) is 0 Å².